The third-order valence-corrected chi connectivity index (χ3v) is 7.28. The number of hydrogen-bond acceptors (Lipinski definition) is 5. The molecule has 7 heteroatoms. The molecule has 1 amide bonds. The molecular formula is C23H19FN2OS3. The molecule has 2 aromatic carbocycles. The van der Waals surface area contributed by atoms with Gasteiger partial charge in [0, 0.05) is 26.5 Å². The zero-order chi connectivity index (χ0) is 20.9. The zero-order valence-corrected chi connectivity index (χ0v) is 18.6. The Morgan fingerprint density at radius 1 is 1.10 bits per heavy atom. The average Bonchev–Trinajstić information content (AvgIpc) is 3.43. The van der Waals surface area contributed by atoms with Crippen LogP contribution in [0, 0.1) is 12.7 Å². The quantitative estimate of drug-likeness (QED) is 0.326. The van der Waals surface area contributed by atoms with Crippen LogP contribution < -0.4 is 5.32 Å². The Labute approximate surface area is 187 Å². The number of hydrogen-bond donors (Lipinski definition) is 1. The summed E-state index contributed by atoms with van der Waals surface area (Å²) >= 11 is 4.91. The van der Waals surface area contributed by atoms with Crippen LogP contribution in [0.2, 0.25) is 0 Å². The molecule has 0 saturated carbocycles. The number of thioether (sulfide) groups is 1. The van der Waals surface area contributed by atoms with Gasteiger partial charge in [-0.15, -0.1) is 34.4 Å². The van der Waals surface area contributed by atoms with E-state index >= 15 is 0 Å². The summed E-state index contributed by atoms with van der Waals surface area (Å²) in [4.78, 5) is 19.5. The molecule has 1 atom stereocenters. The van der Waals surface area contributed by atoms with Gasteiger partial charge in [-0.05, 0) is 60.3 Å². The number of benzene rings is 2. The molecule has 152 valence electrons. The van der Waals surface area contributed by atoms with E-state index in [4.69, 9.17) is 0 Å². The van der Waals surface area contributed by atoms with Gasteiger partial charge in [-0.3, -0.25) is 4.79 Å². The van der Waals surface area contributed by atoms with Crippen LogP contribution >= 0.6 is 34.4 Å². The molecule has 0 aliphatic rings. The van der Waals surface area contributed by atoms with Crippen LogP contribution in [0.3, 0.4) is 0 Å². The minimum Gasteiger partial charge on any atom is -0.340 e. The van der Waals surface area contributed by atoms with Gasteiger partial charge >= 0.3 is 0 Å². The molecule has 0 fully saturated rings. The molecule has 3 nitrogen and oxygen atoms in total. The SMILES string of the molecule is Cc1nc(CSc2ccc(C(=O)NC(c3ccc(F)cc3)c3cccs3)cc2)cs1. The number of aromatic nitrogens is 1. The fourth-order valence-corrected chi connectivity index (χ4v) is 5.29. The van der Waals surface area contributed by atoms with Crippen LogP contribution in [0.25, 0.3) is 0 Å². The summed E-state index contributed by atoms with van der Waals surface area (Å²) in [5.41, 5.74) is 2.51. The van der Waals surface area contributed by atoms with Crippen molar-refractivity contribution >= 4 is 40.3 Å². The van der Waals surface area contributed by atoms with Crippen molar-refractivity contribution in [3.05, 3.63) is 104 Å². The van der Waals surface area contributed by atoms with Gasteiger partial charge in [0.1, 0.15) is 5.82 Å². The Balaban J connectivity index is 1.45. The van der Waals surface area contributed by atoms with E-state index in [-0.39, 0.29) is 17.8 Å². The maximum absolute atomic E-state index is 13.3. The van der Waals surface area contributed by atoms with Gasteiger partial charge in [0.05, 0.1) is 16.7 Å². The Hall–Kier alpha value is -2.48. The fraction of sp³-hybridized carbons (Fsp3) is 0.130. The monoisotopic (exact) mass is 454 g/mol. The van der Waals surface area contributed by atoms with Crippen molar-refractivity contribution in [1.82, 2.24) is 10.3 Å². The topological polar surface area (TPSA) is 42.0 Å². The lowest BCUT2D eigenvalue weighted by atomic mass is 10.0. The highest BCUT2D eigenvalue weighted by atomic mass is 32.2. The number of rotatable bonds is 7. The highest BCUT2D eigenvalue weighted by Gasteiger charge is 2.19. The van der Waals surface area contributed by atoms with E-state index in [9.17, 15) is 9.18 Å². The highest BCUT2D eigenvalue weighted by molar-refractivity contribution is 7.98. The van der Waals surface area contributed by atoms with Crippen molar-refractivity contribution in [1.29, 1.82) is 0 Å². The molecule has 0 bridgehead atoms. The first-order valence-electron chi connectivity index (χ1n) is 9.32. The molecule has 2 aromatic heterocycles. The van der Waals surface area contributed by atoms with Gasteiger partial charge in [0.2, 0.25) is 0 Å². The second-order valence-electron chi connectivity index (χ2n) is 6.64. The van der Waals surface area contributed by atoms with E-state index in [1.54, 1.807) is 46.6 Å². The Morgan fingerprint density at radius 3 is 2.50 bits per heavy atom. The molecule has 0 saturated heterocycles. The van der Waals surface area contributed by atoms with E-state index in [2.05, 4.69) is 15.7 Å². The minimum absolute atomic E-state index is 0.163. The fourth-order valence-electron chi connectivity index (χ4n) is 2.98. The van der Waals surface area contributed by atoms with Crippen LogP contribution in [-0.2, 0) is 5.75 Å². The Kier molecular flexibility index (Phi) is 6.62. The van der Waals surface area contributed by atoms with E-state index in [0.717, 1.165) is 31.8 Å². The van der Waals surface area contributed by atoms with Gasteiger partial charge in [-0.25, -0.2) is 9.37 Å². The van der Waals surface area contributed by atoms with Crippen molar-refractivity contribution in [3.63, 3.8) is 0 Å². The maximum atomic E-state index is 13.3. The lowest BCUT2D eigenvalue weighted by Crippen LogP contribution is -2.28. The van der Waals surface area contributed by atoms with Crippen molar-refractivity contribution in [2.24, 2.45) is 0 Å². The molecule has 0 aliphatic carbocycles. The summed E-state index contributed by atoms with van der Waals surface area (Å²) in [7, 11) is 0. The maximum Gasteiger partial charge on any atom is 0.252 e. The average molecular weight is 455 g/mol. The minimum atomic E-state index is -0.319. The van der Waals surface area contributed by atoms with Crippen LogP contribution in [0.15, 0.2) is 76.3 Å². The van der Waals surface area contributed by atoms with Gasteiger partial charge in [0.15, 0.2) is 0 Å². The van der Waals surface area contributed by atoms with E-state index in [1.165, 1.54) is 12.1 Å². The van der Waals surface area contributed by atoms with E-state index < -0.39 is 0 Å². The van der Waals surface area contributed by atoms with E-state index in [0.29, 0.717) is 5.56 Å². The number of thiophene rings is 1. The molecule has 4 rings (SSSR count). The summed E-state index contributed by atoms with van der Waals surface area (Å²) in [6, 6.07) is 17.4. The summed E-state index contributed by atoms with van der Waals surface area (Å²) < 4.78 is 13.3. The predicted molar refractivity (Wildman–Crippen MR) is 123 cm³/mol. The molecule has 30 heavy (non-hydrogen) atoms. The Morgan fingerprint density at radius 2 is 1.87 bits per heavy atom. The molecule has 0 aliphatic heterocycles. The number of halogens is 1. The smallest absolute Gasteiger partial charge is 0.252 e. The number of aryl methyl sites for hydroxylation is 1. The third-order valence-electron chi connectivity index (χ3n) is 4.48. The van der Waals surface area contributed by atoms with Crippen molar-refractivity contribution in [3.8, 4) is 0 Å². The second kappa shape index (κ2) is 9.55. The number of nitrogens with one attached hydrogen (secondary N) is 1. The van der Waals surface area contributed by atoms with E-state index in [1.807, 2.05) is 48.7 Å². The van der Waals surface area contributed by atoms with Crippen LogP contribution in [0.4, 0.5) is 4.39 Å². The first kappa shape index (κ1) is 20.8. The zero-order valence-electron chi connectivity index (χ0n) is 16.2. The molecule has 1 unspecified atom stereocenters. The van der Waals surface area contributed by atoms with Crippen LogP contribution in [0.5, 0.6) is 0 Å². The highest BCUT2D eigenvalue weighted by Crippen LogP contribution is 2.27. The second-order valence-corrected chi connectivity index (χ2v) is 9.73. The number of amides is 1. The summed E-state index contributed by atoms with van der Waals surface area (Å²) in [5, 5.41) is 8.19. The molecule has 0 spiro atoms. The molecule has 4 aromatic rings. The van der Waals surface area contributed by atoms with Crippen LogP contribution in [-0.4, -0.2) is 10.9 Å². The van der Waals surface area contributed by atoms with Crippen molar-refractivity contribution in [2.45, 2.75) is 23.6 Å². The molecule has 0 radical (unpaired) electrons. The summed E-state index contributed by atoms with van der Waals surface area (Å²) in [5.74, 6) is 0.348. The normalized spacial score (nSPS) is 11.9. The molecular weight excluding hydrogens is 435 g/mol. The van der Waals surface area contributed by atoms with Crippen molar-refractivity contribution < 1.29 is 9.18 Å². The number of carbonyl (C=O) groups excluding carboxylic acids is 1. The summed E-state index contributed by atoms with van der Waals surface area (Å²) in [6.45, 7) is 2.00. The molecule has 2 heterocycles. The lowest BCUT2D eigenvalue weighted by Gasteiger charge is -2.18. The summed E-state index contributed by atoms with van der Waals surface area (Å²) in [6.07, 6.45) is 0. The number of nitrogens with zero attached hydrogens (tertiary/aromatic N) is 1. The van der Waals surface area contributed by atoms with Gasteiger partial charge in [-0.1, -0.05) is 18.2 Å². The first-order valence-corrected chi connectivity index (χ1v) is 12.1. The lowest BCUT2D eigenvalue weighted by molar-refractivity contribution is 0.0943. The van der Waals surface area contributed by atoms with Crippen molar-refractivity contribution in [2.75, 3.05) is 0 Å². The molecule has 1 N–H and O–H groups in total. The third kappa shape index (κ3) is 5.16. The largest absolute Gasteiger partial charge is 0.340 e. The van der Waals surface area contributed by atoms with Gasteiger partial charge < -0.3 is 5.32 Å². The van der Waals surface area contributed by atoms with Gasteiger partial charge in [-0.2, -0.15) is 0 Å². The van der Waals surface area contributed by atoms with Crippen LogP contribution in [0.1, 0.15) is 37.5 Å². The number of thiazole rings is 1. The first-order chi connectivity index (χ1) is 14.6. The Bertz CT molecular complexity index is 1110. The number of carbonyl (C=O) groups is 1. The standard InChI is InChI=1S/C23H19FN2OS3/c1-15-25-19(13-29-15)14-30-20-10-6-17(7-11-20)23(27)26-22(21-3-2-12-28-21)16-4-8-18(24)9-5-16/h2-13,22H,14H2,1H3,(H,26,27). The van der Waals surface area contributed by atoms with Gasteiger partial charge in [0.25, 0.3) is 5.91 Å². The predicted octanol–water partition coefficient (Wildman–Crippen LogP) is 6.46.